The van der Waals surface area contributed by atoms with E-state index in [1.165, 1.54) is 6.42 Å². The van der Waals surface area contributed by atoms with E-state index in [2.05, 4.69) is 33.0 Å². The topological polar surface area (TPSA) is 103 Å². The first kappa shape index (κ1) is 25.8. The molecule has 8 nitrogen and oxygen atoms in total. The van der Waals surface area contributed by atoms with Crippen LogP contribution in [0.5, 0.6) is 0 Å². The predicted molar refractivity (Wildman–Crippen MR) is 124 cm³/mol. The highest BCUT2D eigenvalue weighted by Crippen LogP contribution is 2.65. The number of halogens is 1. The molecular weight excluding hydrogens is 433 g/mol. The maximum Gasteiger partial charge on any atom is 0.481 e. The van der Waals surface area contributed by atoms with Crippen LogP contribution in [-0.2, 0) is 23.6 Å². The van der Waals surface area contributed by atoms with Crippen molar-refractivity contribution in [2.45, 2.75) is 83.5 Å². The van der Waals surface area contributed by atoms with Gasteiger partial charge < -0.3 is 30.0 Å². The van der Waals surface area contributed by atoms with Crippen molar-refractivity contribution in [2.75, 3.05) is 26.3 Å². The first-order valence-electron chi connectivity index (χ1n) is 11.9. The number of amides is 2. The molecule has 2 unspecified atom stereocenters. The van der Waals surface area contributed by atoms with Crippen molar-refractivity contribution in [3.05, 3.63) is 0 Å². The normalized spacial score (nSPS) is 34.6. The highest BCUT2D eigenvalue weighted by atomic mass is 35.5. The molecule has 2 heterocycles. The van der Waals surface area contributed by atoms with E-state index < -0.39 is 13.2 Å². The van der Waals surface area contributed by atoms with Crippen molar-refractivity contribution in [3.8, 4) is 0 Å². The number of hydrogen-bond acceptors (Lipinski definition) is 6. The van der Waals surface area contributed by atoms with Crippen LogP contribution < -0.4 is 11.1 Å². The van der Waals surface area contributed by atoms with Gasteiger partial charge >= 0.3 is 7.12 Å². The summed E-state index contributed by atoms with van der Waals surface area (Å²) < 4.78 is 18.2. The van der Waals surface area contributed by atoms with E-state index in [1.807, 2.05) is 0 Å². The van der Waals surface area contributed by atoms with Gasteiger partial charge in [0, 0.05) is 13.1 Å². The monoisotopic (exact) mass is 471 g/mol. The average Bonchev–Trinajstić information content (AvgIpc) is 3.10. The Bertz CT molecular complexity index is 707. The third-order valence-electron chi connectivity index (χ3n) is 8.32. The summed E-state index contributed by atoms with van der Waals surface area (Å²) in [5, 5.41) is 3.03. The molecule has 3 N–H and O–H groups in total. The number of carbonyl (C=O) groups is 2. The molecule has 0 aromatic rings. The van der Waals surface area contributed by atoms with E-state index in [9.17, 15) is 9.59 Å². The molecule has 0 radical (unpaired) electrons. The fourth-order valence-corrected chi connectivity index (χ4v) is 6.17. The largest absolute Gasteiger partial charge is 0.481 e. The molecule has 32 heavy (non-hydrogen) atoms. The summed E-state index contributed by atoms with van der Waals surface area (Å²) in [5.41, 5.74) is 6.06. The van der Waals surface area contributed by atoms with E-state index in [4.69, 9.17) is 19.8 Å². The molecular formula is C22H39BClN3O5. The molecule has 2 saturated heterocycles. The molecule has 0 aromatic heterocycles. The second-order valence-electron chi connectivity index (χ2n) is 10.5. The number of hydrogen-bond donors (Lipinski definition) is 2. The zero-order chi connectivity index (χ0) is 22.4. The van der Waals surface area contributed by atoms with Gasteiger partial charge in [-0.25, -0.2) is 0 Å². The number of nitrogens with zero attached hydrogens (tertiary/aromatic N) is 1. The first-order chi connectivity index (χ1) is 14.7. The number of nitrogens with one attached hydrogen (secondary N) is 1. The molecule has 5 aliphatic rings. The van der Waals surface area contributed by atoms with E-state index in [0.29, 0.717) is 38.1 Å². The molecule has 0 aromatic carbocycles. The van der Waals surface area contributed by atoms with E-state index >= 15 is 0 Å². The van der Waals surface area contributed by atoms with Gasteiger partial charge in [0.1, 0.15) is 0 Å². The van der Waals surface area contributed by atoms with Crippen LogP contribution in [0.4, 0.5) is 0 Å². The lowest BCUT2D eigenvalue weighted by Crippen LogP contribution is -2.65. The first-order valence-corrected chi connectivity index (χ1v) is 11.9. The van der Waals surface area contributed by atoms with Gasteiger partial charge in [0.15, 0.2) is 0 Å². The van der Waals surface area contributed by atoms with Crippen LogP contribution >= 0.6 is 12.4 Å². The number of ether oxygens (including phenoxy) is 1. The Morgan fingerprint density at radius 1 is 1.22 bits per heavy atom. The predicted octanol–water partition coefficient (Wildman–Crippen LogP) is 1.54. The van der Waals surface area contributed by atoms with Gasteiger partial charge in [-0.3, -0.25) is 9.59 Å². The lowest BCUT2D eigenvalue weighted by molar-refractivity contribution is -0.199. The van der Waals surface area contributed by atoms with Gasteiger partial charge in [-0.15, -0.1) is 12.4 Å². The Morgan fingerprint density at radius 2 is 1.91 bits per heavy atom. The Balaban J connectivity index is 0.00000289. The molecule has 6 atom stereocenters. The summed E-state index contributed by atoms with van der Waals surface area (Å²) in [4.78, 5) is 27.0. The molecule has 10 heteroatoms. The zero-order valence-corrected chi connectivity index (χ0v) is 20.6. The summed E-state index contributed by atoms with van der Waals surface area (Å²) in [6.07, 6.45) is 3.89. The van der Waals surface area contributed by atoms with Crippen LogP contribution in [0, 0.1) is 17.3 Å². The second kappa shape index (κ2) is 9.78. The van der Waals surface area contributed by atoms with E-state index in [1.54, 1.807) is 4.90 Å². The van der Waals surface area contributed by atoms with Crippen LogP contribution in [0.2, 0.25) is 0 Å². The van der Waals surface area contributed by atoms with Crippen LogP contribution in [0.15, 0.2) is 0 Å². The molecule has 0 spiro atoms. The van der Waals surface area contributed by atoms with Crippen molar-refractivity contribution in [3.63, 3.8) is 0 Å². The van der Waals surface area contributed by atoms with Crippen molar-refractivity contribution >= 4 is 31.3 Å². The molecule has 182 valence electrons. The standard InChI is InChI=1S/C22H38BN3O5.ClH/c1-5-6-18(25-20(28)15(24)13-19(27)26-7-9-29-10-8-26)23-30-17-12-14-11-16(21(14,2)3)22(17,4)31-23;/h14-18H,5-13,24H2,1-4H3,(H,25,28);1H/t14-,15?,16-,17+,18?,22-;/m0./s1. The lowest BCUT2D eigenvalue weighted by Gasteiger charge is -2.64. The highest BCUT2D eigenvalue weighted by Gasteiger charge is 2.68. The van der Waals surface area contributed by atoms with Gasteiger partial charge in [0.05, 0.1) is 43.3 Å². The van der Waals surface area contributed by atoms with Gasteiger partial charge in [-0.05, 0) is 43.4 Å². The third-order valence-corrected chi connectivity index (χ3v) is 8.32. The van der Waals surface area contributed by atoms with Crippen molar-refractivity contribution < 1.29 is 23.6 Å². The number of rotatable bonds is 7. The number of morpholine rings is 1. The molecule has 3 aliphatic carbocycles. The van der Waals surface area contributed by atoms with Gasteiger partial charge in [0.2, 0.25) is 11.8 Å². The Kier molecular flexibility index (Phi) is 7.87. The van der Waals surface area contributed by atoms with Crippen molar-refractivity contribution in [2.24, 2.45) is 23.0 Å². The quantitative estimate of drug-likeness (QED) is 0.546. The average molecular weight is 472 g/mol. The summed E-state index contributed by atoms with van der Waals surface area (Å²) in [6.45, 7) is 11.1. The second-order valence-corrected chi connectivity index (χ2v) is 10.5. The Morgan fingerprint density at radius 3 is 2.53 bits per heavy atom. The number of carbonyl (C=O) groups excluding carboxylic acids is 2. The van der Waals surface area contributed by atoms with E-state index in [0.717, 1.165) is 19.3 Å². The minimum absolute atomic E-state index is 0. The molecule has 2 bridgehead atoms. The minimum Gasteiger partial charge on any atom is -0.404 e. The fourth-order valence-electron chi connectivity index (χ4n) is 6.17. The maximum absolute atomic E-state index is 12.8. The molecule has 2 amide bonds. The molecule has 5 fully saturated rings. The Labute approximate surface area is 198 Å². The minimum atomic E-state index is -0.888. The summed E-state index contributed by atoms with van der Waals surface area (Å²) in [5.74, 6) is 0.450. The SMILES string of the molecule is CCCC(NC(=O)C(N)CC(=O)N1CCOCC1)B1O[C@@H]2C[C@@H]3C[C@@H](C3(C)C)[C@]2(C)O1.Cl. The lowest BCUT2D eigenvalue weighted by atomic mass is 9.43. The molecule has 2 aliphatic heterocycles. The van der Waals surface area contributed by atoms with Crippen LogP contribution in [0.3, 0.4) is 0 Å². The van der Waals surface area contributed by atoms with Crippen LogP contribution in [-0.4, -0.2) is 73.8 Å². The van der Waals surface area contributed by atoms with E-state index in [-0.39, 0.29) is 53.7 Å². The van der Waals surface area contributed by atoms with Crippen molar-refractivity contribution in [1.29, 1.82) is 0 Å². The number of nitrogens with two attached hydrogens (primary N) is 1. The van der Waals surface area contributed by atoms with Gasteiger partial charge in [-0.2, -0.15) is 0 Å². The van der Waals surface area contributed by atoms with Gasteiger partial charge in [-0.1, -0.05) is 27.2 Å². The third kappa shape index (κ3) is 4.56. The highest BCUT2D eigenvalue weighted by molar-refractivity contribution is 6.47. The van der Waals surface area contributed by atoms with Gasteiger partial charge in [0.25, 0.3) is 0 Å². The Hall–Kier alpha value is -0.865. The van der Waals surface area contributed by atoms with Crippen LogP contribution in [0.25, 0.3) is 0 Å². The van der Waals surface area contributed by atoms with Crippen LogP contribution in [0.1, 0.15) is 59.8 Å². The summed E-state index contributed by atoms with van der Waals surface area (Å²) >= 11 is 0. The summed E-state index contributed by atoms with van der Waals surface area (Å²) in [6, 6.07) is -0.888. The summed E-state index contributed by atoms with van der Waals surface area (Å²) in [7, 11) is -0.476. The maximum atomic E-state index is 12.8. The smallest absolute Gasteiger partial charge is 0.404 e. The molecule has 3 saturated carbocycles. The van der Waals surface area contributed by atoms with Crippen molar-refractivity contribution in [1.82, 2.24) is 10.2 Å². The zero-order valence-electron chi connectivity index (χ0n) is 19.8. The fraction of sp³-hybridized carbons (Fsp3) is 0.909. The molecule has 5 rings (SSSR count).